The molecule has 0 fully saturated rings. The highest BCUT2D eigenvalue weighted by atomic mass is 79.9. The number of ether oxygens (including phenoxy) is 1. The Bertz CT molecular complexity index is 631. The van der Waals surface area contributed by atoms with E-state index in [2.05, 4.69) is 21.2 Å². The maximum Gasteiger partial charge on any atom is 0.221 e. The zero-order valence-corrected chi connectivity index (χ0v) is 12.4. The molecule has 0 aliphatic heterocycles. The summed E-state index contributed by atoms with van der Waals surface area (Å²) in [6.45, 7) is 1.51. The Morgan fingerprint density at radius 3 is 2.75 bits per heavy atom. The molecule has 20 heavy (non-hydrogen) atoms. The van der Waals surface area contributed by atoms with Crippen molar-refractivity contribution in [1.29, 1.82) is 0 Å². The molecular weight excluding hydrogens is 325 g/mol. The van der Waals surface area contributed by atoms with E-state index in [9.17, 15) is 9.18 Å². The molecule has 0 heterocycles. The van der Waals surface area contributed by atoms with Crippen LogP contribution in [0, 0.1) is 5.82 Å². The van der Waals surface area contributed by atoms with Crippen LogP contribution in [-0.4, -0.2) is 5.91 Å². The minimum absolute atomic E-state index is 0.0930. The van der Waals surface area contributed by atoms with Crippen LogP contribution in [0.25, 0.3) is 0 Å². The molecule has 5 heteroatoms. The molecule has 104 valence electrons. The van der Waals surface area contributed by atoms with E-state index in [0.717, 1.165) is 0 Å². The number of anilines is 1. The van der Waals surface area contributed by atoms with E-state index in [4.69, 9.17) is 4.74 Å². The van der Waals surface area contributed by atoms with Crippen molar-refractivity contribution in [2.75, 3.05) is 5.32 Å². The second kappa shape index (κ2) is 6.52. The Morgan fingerprint density at radius 1 is 1.30 bits per heavy atom. The fraction of sp³-hybridized carbons (Fsp3) is 0.133. The molecule has 0 aliphatic carbocycles. The van der Waals surface area contributed by atoms with Crippen molar-refractivity contribution >= 4 is 27.5 Å². The molecule has 0 saturated heterocycles. The lowest BCUT2D eigenvalue weighted by Gasteiger charge is -2.12. The van der Waals surface area contributed by atoms with Crippen molar-refractivity contribution < 1.29 is 13.9 Å². The Labute approximate surface area is 124 Å². The molecule has 2 aromatic carbocycles. The highest BCUT2D eigenvalue weighted by molar-refractivity contribution is 9.10. The van der Waals surface area contributed by atoms with Crippen molar-refractivity contribution in [2.24, 2.45) is 0 Å². The van der Waals surface area contributed by atoms with Gasteiger partial charge in [0.2, 0.25) is 5.91 Å². The molecule has 0 aliphatic rings. The van der Waals surface area contributed by atoms with Gasteiger partial charge >= 0.3 is 0 Å². The van der Waals surface area contributed by atoms with Gasteiger partial charge in [-0.25, -0.2) is 4.39 Å². The SMILES string of the molecule is CC(=O)Nc1ccccc1OCc1ccc(Br)cc1F. The number of hydrogen-bond donors (Lipinski definition) is 1. The molecule has 1 N–H and O–H groups in total. The smallest absolute Gasteiger partial charge is 0.221 e. The predicted molar refractivity (Wildman–Crippen MR) is 79.2 cm³/mol. The second-order valence-corrected chi connectivity index (χ2v) is 5.12. The Kier molecular flexibility index (Phi) is 4.74. The van der Waals surface area contributed by atoms with E-state index in [-0.39, 0.29) is 18.3 Å². The first-order valence-corrected chi connectivity index (χ1v) is 6.79. The van der Waals surface area contributed by atoms with Crippen LogP contribution in [0.5, 0.6) is 5.75 Å². The van der Waals surface area contributed by atoms with Crippen molar-refractivity contribution in [3.05, 3.63) is 58.3 Å². The van der Waals surface area contributed by atoms with Crippen LogP contribution in [0.3, 0.4) is 0 Å². The monoisotopic (exact) mass is 337 g/mol. The van der Waals surface area contributed by atoms with Gasteiger partial charge in [-0.1, -0.05) is 34.1 Å². The average molecular weight is 338 g/mol. The highest BCUT2D eigenvalue weighted by Gasteiger charge is 2.07. The van der Waals surface area contributed by atoms with Crippen molar-refractivity contribution in [2.45, 2.75) is 13.5 Å². The molecule has 1 amide bonds. The van der Waals surface area contributed by atoms with E-state index < -0.39 is 0 Å². The first-order valence-electron chi connectivity index (χ1n) is 5.99. The third-order valence-corrected chi connectivity index (χ3v) is 3.09. The number of nitrogens with one attached hydrogen (secondary N) is 1. The Morgan fingerprint density at radius 2 is 2.05 bits per heavy atom. The summed E-state index contributed by atoms with van der Waals surface area (Å²) in [5.74, 6) is -0.0164. The molecule has 0 saturated carbocycles. The number of para-hydroxylation sites is 2. The first-order chi connectivity index (χ1) is 9.56. The van der Waals surface area contributed by atoms with Gasteiger partial charge in [-0.2, -0.15) is 0 Å². The van der Waals surface area contributed by atoms with Gasteiger partial charge in [0.05, 0.1) is 5.69 Å². The molecule has 0 spiro atoms. The third kappa shape index (κ3) is 3.81. The highest BCUT2D eigenvalue weighted by Crippen LogP contribution is 2.25. The number of carbonyl (C=O) groups is 1. The van der Waals surface area contributed by atoms with Crippen molar-refractivity contribution in [3.63, 3.8) is 0 Å². The lowest BCUT2D eigenvalue weighted by atomic mass is 10.2. The maximum atomic E-state index is 13.7. The molecular formula is C15H13BrFNO2. The molecule has 0 unspecified atom stereocenters. The van der Waals surface area contributed by atoms with Gasteiger partial charge in [-0.15, -0.1) is 0 Å². The number of carbonyl (C=O) groups excluding carboxylic acids is 1. The van der Waals surface area contributed by atoms with Gasteiger partial charge in [0.1, 0.15) is 18.2 Å². The molecule has 3 nitrogen and oxygen atoms in total. The fourth-order valence-corrected chi connectivity index (χ4v) is 2.01. The summed E-state index contributed by atoms with van der Waals surface area (Å²) >= 11 is 3.20. The molecule has 0 bridgehead atoms. The van der Waals surface area contributed by atoms with Crippen molar-refractivity contribution in [3.8, 4) is 5.75 Å². The van der Waals surface area contributed by atoms with Crippen LogP contribution in [-0.2, 0) is 11.4 Å². The normalized spacial score (nSPS) is 10.2. The van der Waals surface area contributed by atoms with E-state index in [0.29, 0.717) is 21.5 Å². The first kappa shape index (κ1) is 14.5. The zero-order chi connectivity index (χ0) is 14.5. The molecule has 2 aromatic rings. The van der Waals surface area contributed by atoms with Crippen LogP contribution >= 0.6 is 15.9 Å². The molecule has 0 aromatic heterocycles. The van der Waals surface area contributed by atoms with E-state index in [1.165, 1.54) is 13.0 Å². The van der Waals surface area contributed by atoms with Crippen LogP contribution in [0.4, 0.5) is 10.1 Å². The van der Waals surface area contributed by atoms with Gasteiger partial charge in [0.15, 0.2) is 0 Å². The quantitative estimate of drug-likeness (QED) is 0.911. The topological polar surface area (TPSA) is 38.3 Å². The predicted octanol–water partition coefficient (Wildman–Crippen LogP) is 4.13. The summed E-state index contributed by atoms with van der Waals surface area (Å²) in [5, 5.41) is 2.67. The molecule has 0 atom stereocenters. The lowest BCUT2D eigenvalue weighted by molar-refractivity contribution is -0.114. The number of halogens is 2. The van der Waals surface area contributed by atoms with Crippen molar-refractivity contribution in [1.82, 2.24) is 0 Å². The lowest BCUT2D eigenvalue weighted by Crippen LogP contribution is -2.08. The molecule has 0 radical (unpaired) electrons. The van der Waals surface area contributed by atoms with Gasteiger partial charge in [-0.05, 0) is 24.3 Å². The Balaban J connectivity index is 2.12. The standard InChI is InChI=1S/C15H13BrFNO2/c1-10(19)18-14-4-2-3-5-15(14)20-9-11-6-7-12(16)8-13(11)17/h2-8H,9H2,1H3,(H,18,19). The summed E-state index contributed by atoms with van der Waals surface area (Å²) < 4.78 is 19.9. The summed E-state index contributed by atoms with van der Waals surface area (Å²) in [7, 11) is 0. The van der Waals surface area contributed by atoms with Gasteiger partial charge in [0.25, 0.3) is 0 Å². The molecule has 2 rings (SSSR count). The van der Waals surface area contributed by atoms with Gasteiger partial charge < -0.3 is 10.1 Å². The minimum atomic E-state index is -0.337. The van der Waals surface area contributed by atoms with E-state index in [1.54, 1.807) is 36.4 Å². The van der Waals surface area contributed by atoms with Gasteiger partial charge in [0, 0.05) is 17.0 Å². The average Bonchev–Trinajstić information content (AvgIpc) is 2.39. The second-order valence-electron chi connectivity index (χ2n) is 4.20. The van der Waals surface area contributed by atoms with E-state index in [1.807, 2.05) is 0 Å². The number of amides is 1. The largest absolute Gasteiger partial charge is 0.487 e. The van der Waals surface area contributed by atoms with Crippen LogP contribution in [0.2, 0.25) is 0 Å². The minimum Gasteiger partial charge on any atom is -0.487 e. The van der Waals surface area contributed by atoms with Crippen LogP contribution < -0.4 is 10.1 Å². The zero-order valence-electron chi connectivity index (χ0n) is 10.8. The van der Waals surface area contributed by atoms with E-state index >= 15 is 0 Å². The summed E-state index contributed by atoms with van der Waals surface area (Å²) in [6.07, 6.45) is 0. The fourth-order valence-electron chi connectivity index (χ4n) is 1.68. The van der Waals surface area contributed by atoms with Crippen LogP contribution in [0.15, 0.2) is 46.9 Å². The van der Waals surface area contributed by atoms with Gasteiger partial charge in [-0.3, -0.25) is 4.79 Å². The summed E-state index contributed by atoms with van der Waals surface area (Å²) in [6, 6.07) is 11.8. The Hall–Kier alpha value is -1.88. The summed E-state index contributed by atoms with van der Waals surface area (Å²) in [4.78, 5) is 11.1. The third-order valence-electron chi connectivity index (χ3n) is 2.60. The summed E-state index contributed by atoms with van der Waals surface area (Å²) in [5.41, 5.74) is 1.02. The number of benzene rings is 2. The van der Waals surface area contributed by atoms with Crippen LogP contribution in [0.1, 0.15) is 12.5 Å². The maximum absolute atomic E-state index is 13.7. The number of rotatable bonds is 4. The number of hydrogen-bond acceptors (Lipinski definition) is 2.